The highest BCUT2D eigenvalue weighted by Crippen LogP contribution is 2.57. The van der Waals surface area contributed by atoms with E-state index in [9.17, 15) is 31.1 Å². The Bertz CT molecular complexity index is 1420. The fourth-order valence-electron chi connectivity index (χ4n) is 5.16. The molecule has 4 heterocycles. The molecule has 3 N–H and O–H groups in total. The second-order valence-corrected chi connectivity index (χ2v) is 10.0. The van der Waals surface area contributed by atoms with E-state index in [4.69, 9.17) is 9.47 Å². The van der Waals surface area contributed by atoms with Crippen LogP contribution in [-0.4, -0.2) is 61.4 Å². The monoisotopic (exact) mass is 579 g/mol. The van der Waals surface area contributed by atoms with E-state index in [0.717, 1.165) is 29.9 Å². The number of aromatic amines is 1. The minimum Gasteiger partial charge on any atom is -0.441 e. The van der Waals surface area contributed by atoms with E-state index >= 15 is 4.39 Å². The lowest BCUT2D eigenvalue weighted by atomic mass is 9.50. The summed E-state index contributed by atoms with van der Waals surface area (Å²) in [4.78, 5) is 19.5. The quantitative estimate of drug-likeness (QED) is 0.354. The number of alkyl carbamates (subject to hydrolysis) is 1. The van der Waals surface area contributed by atoms with Crippen LogP contribution < -0.4 is 10.6 Å². The summed E-state index contributed by atoms with van der Waals surface area (Å²) in [5.41, 5.74) is -2.56. The first kappa shape index (κ1) is 26.5. The molecule has 3 aromatic rings. The molecule has 7 rings (SSSR count). The molecule has 18 heteroatoms. The standard InChI is InChI=1S/C22H20F7N7O4/c23-15-13(40-19(37)33-20-2-9(3-20)4-20)8-38-16(15)12-1-14(35-34-12)32-18-30-5-11(21(24,25)26)17-31-10(6-36(17)18)7-39-22(27,28)29/h1,5-6,9,13,15-16H,2-4,7-8H2,(H,33,37)(H2,30,32,34,35)/t9?,13-,15-,16-,20?/m1/s1. The number of imidazole rings is 1. The Hall–Kier alpha value is -3.67. The van der Waals surface area contributed by atoms with Gasteiger partial charge >= 0.3 is 18.6 Å². The van der Waals surface area contributed by atoms with Crippen molar-refractivity contribution in [3.05, 3.63) is 35.4 Å². The van der Waals surface area contributed by atoms with Crippen LogP contribution in [0.5, 0.6) is 0 Å². The van der Waals surface area contributed by atoms with Crippen molar-refractivity contribution in [2.45, 2.75) is 62.3 Å². The number of aromatic nitrogens is 5. The Morgan fingerprint density at radius 2 is 1.98 bits per heavy atom. The Labute approximate surface area is 219 Å². The summed E-state index contributed by atoms with van der Waals surface area (Å²) in [5, 5.41) is 11.9. The van der Waals surface area contributed by atoms with Crippen LogP contribution in [0.2, 0.25) is 0 Å². The summed E-state index contributed by atoms with van der Waals surface area (Å²) in [6.07, 6.45) is -10.7. The van der Waals surface area contributed by atoms with Gasteiger partial charge in [0.1, 0.15) is 11.7 Å². The van der Waals surface area contributed by atoms with Gasteiger partial charge in [0.05, 0.1) is 24.6 Å². The van der Waals surface area contributed by atoms with Crippen molar-refractivity contribution in [3.8, 4) is 0 Å². The van der Waals surface area contributed by atoms with Crippen LogP contribution in [0.4, 0.5) is 47.3 Å². The van der Waals surface area contributed by atoms with Crippen molar-refractivity contribution >= 4 is 23.5 Å². The molecular weight excluding hydrogens is 559 g/mol. The Balaban J connectivity index is 1.16. The third-order valence-corrected chi connectivity index (χ3v) is 7.12. The molecule has 0 unspecified atom stereocenters. The zero-order valence-electron chi connectivity index (χ0n) is 20.1. The molecule has 2 bridgehead atoms. The average molecular weight is 579 g/mol. The molecule has 1 saturated heterocycles. The number of fused-ring (bicyclic) bond motifs is 1. The van der Waals surface area contributed by atoms with Gasteiger partial charge < -0.3 is 20.1 Å². The Morgan fingerprint density at radius 1 is 1.23 bits per heavy atom. The molecule has 216 valence electrons. The lowest BCUT2D eigenvalue weighted by Gasteiger charge is -2.61. The van der Waals surface area contributed by atoms with E-state index in [1.165, 1.54) is 6.07 Å². The molecule has 1 aliphatic heterocycles. The summed E-state index contributed by atoms with van der Waals surface area (Å²) >= 11 is 0. The van der Waals surface area contributed by atoms with Crippen LogP contribution in [0.25, 0.3) is 5.65 Å². The van der Waals surface area contributed by atoms with Crippen LogP contribution in [0.3, 0.4) is 0 Å². The average Bonchev–Trinajstić information content (AvgIpc) is 3.52. The molecule has 11 nitrogen and oxygen atoms in total. The molecule has 0 spiro atoms. The maximum atomic E-state index is 15.1. The van der Waals surface area contributed by atoms with Crippen LogP contribution in [0.15, 0.2) is 18.5 Å². The van der Waals surface area contributed by atoms with Crippen LogP contribution in [0, 0.1) is 5.92 Å². The van der Waals surface area contributed by atoms with Gasteiger partial charge in [0.2, 0.25) is 5.95 Å². The topological polar surface area (TPSA) is 128 Å². The largest absolute Gasteiger partial charge is 0.522 e. The smallest absolute Gasteiger partial charge is 0.441 e. The van der Waals surface area contributed by atoms with E-state index in [-0.39, 0.29) is 29.6 Å². The van der Waals surface area contributed by atoms with Gasteiger partial charge in [-0.05, 0) is 25.2 Å². The van der Waals surface area contributed by atoms with Crippen LogP contribution in [-0.2, 0) is 27.0 Å². The Kier molecular flexibility index (Phi) is 6.10. The maximum absolute atomic E-state index is 15.1. The van der Waals surface area contributed by atoms with Crippen molar-refractivity contribution in [1.29, 1.82) is 0 Å². The number of alkyl halides is 7. The number of nitrogens with zero attached hydrogens (tertiary/aromatic N) is 4. The molecule has 3 aliphatic carbocycles. The summed E-state index contributed by atoms with van der Waals surface area (Å²) < 4.78 is 108. The van der Waals surface area contributed by atoms with Crippen molar-refractivity contribution in [2.24, 2.45) is 5.92 Å². The molecule has 4 fully saturated rings. The predicted octanol–water partition coefficient (Wildman–Crippen LogP) is 4.31. The van der Waals surface area contributed by atoms with Crippen molar-refractivity contribution < 1.29 is 49.7 Å². The lowest BCUT2D eigenvalue weighted by Crippen LogP contribution is -2.68. The van der Waals surface area contributed by atoms with Crippen LogP contribution >= 0.6 is 0 Å². The molecule has 0 aromatic carbocycles. The van der Waals surface area contributed by atoms with Gasteiger partial charge in [0.15, 0.2) is 23.7 Å². The lowest BCUT2D eigenvalue weighted by molar-refractivity contribution is -0.330. The molecule has 3 atom stereocenters. The third-order valence-electron chi connectivity index (χ3n) is 7.12. The minimum atomic E-state index is -5.02. The molecule has 4 aliphatic rings. The van der Waals surface area contributed by atoms with E-state index in [1.54, 1.807) is 0 Å². The zero-order valence-corrected chi connectivity index (χ0v) is 20.1. The summed E-state index contributed by atoms with van der Waals surface area (Å²) in [5.74, 6) is 0.332. The molecule has 3 saturated carbocycles. The van der Waals surface area contributed by atoms with E-state index < -0.39 is 60.5 Å². The highest BCUT2D eigenvalue weighted by molar-refractivity contribution is 5.69. The number of carbonyl (C=O) groups is 1. The van der Waals surface area contributed by atoms with Gasteiger partial charge in [0, 0.05) is 24.0 Å². The van der Waals surface area contributed by atoms with Crippen molar-refractivity contribution in [3.63, 3.8) is 0 Å². The number of hydrogen-bond acceptors (Lipinski definition) is 8. The van der Waals surface area contributed by atoms with E-state index in [2.05, 4.69) is 35.5 Å². The predicted molar refractivity (Wildman–Crippen MR) is 118 cm³/mol. The second-order valence-electron chi connectivity index (χ2n) is 10.0. The van der Waals surface area contributed by atoms with E-state index in [1.807, 2.05) is 0 Å². The molecule has 1 amide bonds. The molecule has 3 aromatic heterocycles. The molecular formula is C22H20F7N7O4. The number of amides is 1. The third kappa shape index (κ3) is 5.00. The fourth-order valence-corrected chi connectivity index (χ4v) is 5.16. The van der Waals surface area contributed by atoms with Crippen LogP contribution in [0.1, 0.15) is 42.3 Å². The first-order valence-electron chi connectivity index (χ1n) is 12.0. The highest BCUT2D eigenvalue weighted by Gasteiger charge is 2.58. The first-order valence-corrected chi connectivity index (χ1v) is 12.0. The van der Waals surface area contributed by atoms with Gasteiger partial charge in [-0.1, -0.05) is 0 Å². The Morgan fingerprint density at radius 3 is 2.62 bits per heavy atom. The van der Waals surface area contributed by atoms with Gasteiger partial charge in [-0.15, -0.1) is 13.2 Å². The number of carbonyl (C=O) groups excluding carboxylic acids is 1. The molecule has 0 radical (unpaired) electrons. The number of halogens is 7. The van der Waals surface area contributed by atoms with Gasteiger partial charge in [-0.2, -0.15) is 18.3 Å². The minimum absolute atomic E-state index is 0.0214. The van der Waals surface area contributed by atoms with Crippen molar-refractivity contribution in [2.75, 3.05) is 11.9 Å². The molecule has 40 heavy (non-hydrogen) atoms. The number of nitrogens with one attached hydrogen (secondary N) is 3. The maximum Gasteiger partial charge on any atom is 0.522 e. The normalized spacial score (nSPS) is 27.8. The van der Waals surface area contributed by atoms with Crippen molar-refractivity contribution in [1.82, 2.24) is 29.9 Å². The second kappa shape index (κ2) is 9.18. The first-order chi connectivity index (χ1) is 18.8. The van der Waals surface area contributed by atoms with Gasteiger partial charge in [-0.3, -0.25) is 14.2 Å². The van der Waals surface area contributed by atoms with E-state index in [0.29, 0.717) is 12.1 Å². The highest BCUT2D eigenvalue weighted by atomic mass is 19.4. The number of H-pyrrole nitrogens is 1. The summed E-state index contributed by atoms with van der Waals surface area (Å²) in [6, 6.07) is 1.30. The van der Waals surface area contributed by atoms with Gasteiger partial charge in [-0.25, -0.2) is 19.2 Å². The summed E-state index contributed by atoms with van der Waals surface area (Å²) in [6.45, 7) is -1.34. The number of anilines is 2. The number of hydrogen-bond donors (Lipinski definition) is 3. The number of ether oxygens (including phenoxy) is 3. The summed E-state index contributed by atoms with van der Waals surface area (Å²) in [7, 11) is 0. The zero-order chi connectivity index (χ0) is 28.4. The fraction of sp³-hybridized carbons (Fsp3) is 0.545. The number of rotatable bonds is 7. The van der Waals surface area contributed by atoms with Gasteiger partial charge in [0.25, 0.3) is 0 Å². The SMILES string of the molecule is O=C(NC12CC(C1)C2)O[C@@H]1CO[C@H](c2cc(Nc3ncc(C(F)(F)F)c4nc(COC(F)(F)F)cn34)n[nH]2)[C@@H]1F.